The summed E-state index contributed by atoms with van der Waals surface area (Å²) in [6.07, 6.45) is 5.57. The average molecular weight is 282 g/mol. The second kappa shape index (κ2) is 6.26. The molecular weight excluding hydrogens is 260 g/mol. The Morgan fingerprint density at radius 3 is 2.80 bits per heavy atom. The van der Waals surface area contributed by atoms with Crippen LogP contribution >= 0.6 is 0 Å². The molecule has 1 atom stereocenters. The van der Waals surface area contributed by atoms with Crippen LogP contribution in [-0.2, 0) is 0 Å². The molecule has 20 heavy (non-hydrogen) atoms. The molecule has 6 nitrogen and oxygen atoms in total. The number of hydrogen-bond acceptors (Lipinski definition) is 5. The van der Waals surface area contributed by atoms with Crippen molar-refractivity contribution in [3.8, 4) is 5.88 Å². The van der Waals surface area contributed by atoms with E-state index in [-0.39, 0.29) is 30.1 Å². The van der Waals surface area contributed by atoms with Crippen LogP contribution in [0.3, 0.4) is 0 Å². The molecule has 1 aromatic rings. The summed E-state index contributed by atoms with van der Waals surface area (Å²) in [5.41, 5.74) is -0.627. The number of carbonyl (C=O) groups excluding carboxylic acids is 1. The van der Waals surface area contributed by atoms with E-state index in [0.29, 0.717) is 0 Å². The minimum atomic E-state index is -0.627. The van der Waals surface area contributed by atoms with Crippen LogP contribution in [0.2, 0.25) is 0 Å². The highest BCUT2D eigenvalue weighted by Crippen LogP contribution is 2.32. The van der Waals surface area contributed by atoms with Gasteiger partial charge < -0.3 is 19.7 Å². The molecule has 1 fully saturated rings. The average Bonchev–Trinajstić information content (AvgIpc) is 2.97. The molecule has 1 aromatic heterocycles. The molecule has 1 saturated carbocycles. The summed E-state index contributed by atoms with van der Waals surface area (Å²) in [7, 11) is 1.46. The van der Waals surface area contributed by atoms with E-state index in [1.54, 1.807) is 0 Å². The number of aromatic nitrogens is 1. The van der Waals surface area contributed by atoms with Crippen LogP contribution in [-0.4, -0.2) is 35.4 Å². The zero-order valence-corrected chi connectivity index (χ0v) is 12.0. The van der Waals surface area contributed by atoms with Crippen molar-refractivity contribution in [2.75, 3.05) is 13.7 Å². The normalized spacial score (nSPS) is 19.4. The largest absolute Gasteiger partial charge is 0.479 e. The first-order chi connectivity index (χ1) is 9.59. The first-order valence-corrected chi connectivity index (χ1v) is 7.03. The SMILES string of the molecule is COc1cc(C(=O)NC(C)(CO)C2CCCCC2)on1. The maximum absolute atomic E-state index is 12.2. The number of nitrogens with zero attached hydrogens (tertiary/aromatic N) is 1. The van der Waals surface area contributed by atoms with E-state index in [1.807, 2.05) is 6.92 Å². The predicted octanol–water partition coefficient (Wildman–Crippen LogP) is 1.74. The van der Waals surface area contributed by atoms with Gasteiger partial charge in [0.25, 0.3) is 11.8 Å². The molecule has 1 unspecified atom stereocenters. The van der Waals surface area contributed by atoms with E-state index in [4.69, 9.17) is 9.26 Å². The Bertz CT molecular complexity index is 454. The monoisotopic (exact) mass is 282 g/mol. The van der Waals surface area contributed by atoms with Crippen molar-refractivity contribution in [3.63, 3.8) is 0 Å². The Morgan fingerprint density at radius 1 is 1.55 bits per heavy atom. The molecule has 1 heterocycles. The molecule has 0 aliphatic heterocycles. The maximum Gasteiger partial charge on any atom is 0.290 e. The Labute approximate surface area is 118 Å². The van der Waals surface area contributed by atoms with Crippen LogP contribution in [0.25, 0.3) is 0 Å². The lowest BCUT2D eigenvalue weighted by atomic mass is 9.76. The topological polar surface area (TPSA) is 84.6 Å². The van der Waals surface area contributed by atoms with Crippen LogP contribution < -0.4 is 10.1 Å². The predicted molar refractivity (Wildman–Crippen MR) is 72.6 cm³/mol. The highest BCUT2D eigenvalue weighted by Gasteiger charge is 2.36. The molecule has 112 valence electrons. The number of amides is 1. The number of rotatable bonds is 5. The lowest BCUT2D eigenvalue weighted by Crippen LogP contribution is -2.54. The van der Waals surface area contributed by atoms with Crippen LogP contribution in [0.15, 0.2) is 10.6 Å². The lowest BCUT2D eigenvalue weighted by molar-refractivity contribution is 0.0650. The zero-order valence-electron chi connectivity index (χ0n) is 12.0. The smallest absolute Gasteiger partial charge is 0.290 e. The number of aliphatic hydroxyl groups excluding tert-OH is 1. The van der Waals surface area contributed by atoms with Gasteiger partial charge in [0.05, 0.1) is 25.3 Å². The van der Waals surface area contributed by atoms with E-state index < -0.39 is 5.54 Å². The first kappa shape index (κ1) is 14.8. The van der Waals surface area contributed by atoms with Gasteiger partial charge in [-0.15, -0.1) is 0 Å². The van der Waals surface area contributed by atoms with Gasteiger partial charge >= 0.3 is 0 Å². The minimum Gasteiger partial charge on any atom is -0.479 e. The van der Waals surface area contributed by atoms with Crippen molar-refractivity contribution in [2.24, 2.45) is 5.92 Å². The molecule has 0 radical (unpaired) electrons. The molecule has 2 N–H and O–H groups in total. The Morgan fingerprint density at radius 2 is 2.25 bits per heavy atom. The molecule has 1 aliphatic rings. The van der Waals surface area contributed by atoms with Crippen molar-refractivity contribution >= 4 is 5.91 Å². The number of carbonyl (C=O) groups is 1. The van der Waals surface area contributed by atoms with Gasteiger partial charge in [-0.25, -0.2) is 0 Å². The van der Waals surface area contributed by atoms with Crippen molar-refractivity contribution in [1.29, 1.82) is 0 Å². The van der Waals surface area contributed by atoms with Crippen LogP contribution in [0, 0.1) is 5.92 Å². The molecule has 0 bridgehead atoms. The van der Waals surface area contributed by atoms with E-state index in [0.717, 1.165) is 25.7 Å². The van der Waals surface area contributed by atoms with Gasteiger partial charge in [-0.1, -0.05) is 19.3 Å². The third-order valence-electron chi connectivity index (χ3n) is 4.16. The van der Waals surface area contributed by atoms with E-state index >= 15 is 0 Å². The van der Waals surface area contributed by atoms with Crippen LogP contribution in [0.4, 0.5) is 0 Å². The number of aliphatic hydroxyl groups is 1. The summed E-state index contributed by atoms with van der Waals surface area (Å²) >= 11 is 0. The van der Waals surface area contributed by atoms with Gasteiger partial charge in [-0.3, -0.25) is 4.79 Å². The number of ether oxygens (including phenoxy) is 1. The molecule has 0 aromatic carbocycles. The molecule has 2 rings (SSSR count). The van der Waals surface area contributed by atoms with Gasteiger partial charge in [0.1, 0.15) is 0 Å². The van der Waals surface area contributed by atoms with Crippen molar-refractivity contribution in [1.82, 2.24) is 10.5 Å². The number of hydrogen-bond donors (Lipinski definition) is 2. The molecule has 0 spiro atoms. The second-order valence-corrected chi connectivity index (χ2v) is 5.60. The van der Waals surface area contributed by atoms with Crippen molar-refractivity contribution in [2.45, 2.75) is 44.6 Å². The van der Waals surface area contributed by atoms with Crippen molar-refractivity contribution < 1.29 is 19.2 Å². The van der Waals surface area contributed by atoms with E-state index in [1.165, 1.54) is 19.6 Å². The quantitative estimate of drug-likeness (QED) is 0.859. The Kier molecular flexibility index (Phi) is 4.65. The Balaban J connectivity index is 2.06. The fourth-order valence-corrected chi connectivity index (χ4v) is 2.79. The van der Waals surface area contributed by atoms with E-state index in [9.17, 15) is 9.90 Å². The van der Waals surface area contributed by atoms with Gasteiger partial charge in [0, 0.05) is 0 Å². The summed E-state index contributed by atoms with van der Waals surface area (Å²) in [5, 5.41) is 16.2. The van der Waals surface area contributed by atoms with Crippen LogP contribution in [0.5, 0.6) is 5.88 Å². The maximum atomic E-state index is 12.2. The Hall–Kier alpha value is -1.56. The molecular formula is C14H22N2O4. The van der Waals surface area contributed by atoms with Gasteiger partial charge in [-0.2, -0.15) is 0 Å². The summed E-state index contributed by atoms with van der Waals surface area (Å²) in [4.78, 5) is 12.2. The van der Waals surface area contributed by atoms with Crippen molar-refractivity contribution in [3.05, 3.63) is 11.8 Å². The summed E-state index contributed by atoms with van der Waals surface area (Å²) in [6.45, 7) is 1.79. The first-order valence-electron chi connectivity index (χ1n) is 7.03. The highest BCUT2D eigenvalue weighted by molar-refractivity contribution is 5.92. The summed E-state index contributed by atoms with van der Waals surface area (Å²) < 4.78 is 9.81. The highest BCUT2D eigenvalue weighted by atomic mass is 16.5. The standard InChI is InChI=1S/C14H22N2O4/c1-14(9-17,10-6-4-3-5-7-10)15-13(18)11-8-12(19-2)16-20-11/h8,10,17H,3-7,9H2,1-2H3,(H,15,18). The fraction of sp³-hybridized carbons (Fsp3) is 0.714. The minimum absolute atomic E-state index is 0.0886. The van der Waals surface area contributed by atoms with Gasteiger partial charge in [0.15, 0.2) is 0 Å². The van der Waals surface area contributed by atoms with Crippen LogP contribution in [0.1, 0.15) is 49.6 Å². The van der Waals surface area contributed by atoms with Gasteiger partial charge in [0.2, 0.25) is 5.76 Å². The third-order valence-corrected chi connectivity index (χ3v) is 4.16. The fourth-order valence-electron chi connectivity index (χ4n) is 2.79. The summed E-state index contributed by atoms with van der Waals surface area (Å²) in [5.74, 6) is 0.272. The van der Waals surface area contributed by atoms with Gasteiger partial charge in [-0.05, 0) is 30.8 Å². The zero-order chi connectivity index (χ0) is 14.6. The second-order valence-electron chi connectivity index (χ2n) is 5.60. The van der Waals surface area contributed by atoms with E-state index in [2.05, 4.69) is 10.5 Å². The molecule has 1 aliphatic carbocycles. The summed E-state index contributed by atoms with van der Waals surface area (Å²) in [6, 6.07) is 1.44. The third kappa shape index (κ3) is 3.12. The molecule has 6 heteroatoms. The number of nitrogens with one attached hydrogen (secondary N) is 1. The lowest BCUT2D eigenvalue weighted by Gasteiger charge is -2.39. The number of methoxy groups -OCH3 is 1. The molecule has 1 amide bonds. The molecule has 0 saturated heterocycles.